The molecule has 4 nitrogen and oxygen atoms in total. The number of rotatable bonds is 2. The highest BCUT2D eigenvalue weighted by atomic mass is 35.5. The SMILES string of the molecule is Clc1ccnc(Nc2ccncn2)c1. The van der Waals surface area contributed by atoms with Crippen LogP contribution in [-0.4, -0.2) is 15.0 Å². The van der Waals surface area contributed by atoms with Gasteiger partial charge in [-0.05, 0) is 18.2 Å². The molecule has 0 aliphatic rings. The van der Waals surface area contributed by atoms with Crippen molar-refractivity contribution in [3.63, 3.8) is 0 Å². The summed E-state index contributed by atoms with van der Waals surface area (Å²) >= 11 is 5.80. The maximum Gasteiger partial charge on any atom is 0.134 e. The van der Waals surface area contributed by atoms with E-state index < -0.39 is 0 Å². The molecule has 2 heterocycles. The van der Waals surface area contributed by atoms with Gasteiger partial charge in [0.15, 0.2) is 0 Å². The first-order chi connectivity index (χ1) is 6.84. The van der Waals surface area contributed by atoms with E-state index in [0.29, 0.717) is 16.7 Å². The summed E-state index contributed by atoms with van der Waals surface area (Å²) in [6, 6.07) is 5.19. The van der Waals surface area contributed by atoms with E-state index in [-0.39, 0.29) is 0 Å². The van der Waals surface area contributed by atoms with Crippen LogP contribution in [0.3, 0.4) is 0 Å². The van der Waals surface area contributed by atoms with Gasteiger partial charge in [0, 0.05) is 17.4 Å². The largest absolute Gasteiger partial charge is 0.325 e. The quantitative estimate of drug-likeness (QED) is 0.819. The summed E-state index contributed by atoms with van der Waals surface area (Å²) in [5.74, 6) is 1.35. The lowest BCUT2D eigenvalue weighted by Crippen LogP contribution is -1.95. The predicted molar refractivity (Wildman–Crippen MR) is 54.6 cm³/mol. The third-order valence-electron chi connectivity index (χ3n) is 1.56. The Morgan fingerprint density at radius 2 is 2.00 bits per heavy atom. The molecule has 0 bridgehead atoms. The minimum atomic E-state index is 0.636. The van der Waals surface area contributed by atoms with Crippen molar-refractivity contribution in [2.24, 2.45) is 0 Å². The average Bonchev–Trinajstić information content (AvgIpc) is 2.19. The zero-order chi connectivity index (χ0) is 9.80. The molecule has 0 spiro atoms. The second-order valence-electron chi connectivity index (χ2n) is 2.58. The molecule has 0 saturated heterocycles. The van der Waals surface area contributed by atoms with Gasteiger partial charge in [-0.15, -0.1) is 0 Å². The maximum absolute atomic E-state index is 5.80. The van der Waals surface area contributed by atoms with E-state index in [1.54, 1.807) is 30.6 Å². The van der Waals surface area contributed by atoms with Crippen molar-refractivity contribution in [3.8, 4) is 0 Å². The van der Waals surface area contributed by atoms with Crippen molar-refractivity contribution in [1.82, 2.24) is 15.0 Å². The predicted octanol–water partition coefficient (Wildman–Crippen LogP) is 2.27. The highest BCUT2D eigenvalue weighted by Gasteiger charge is 1.96. The number of halogens is 1. The van der Waals surface area contributed by atoms with Gasteiger partial charge in [-0.25, -0.2) is 15.0 Å². The molecule has 0 fully saturated rings. The summed E-state index contributed by atoms with van der Waals surface area (Å²) in [6.07, 6.45) is 4.75. The summed E-state index contributed by atoms with van der Waals surface area (Å²) in [5.41, 5.74) is 0. The fraction of sp³-hybridized carbons (Fsp3) is 0. The van der Waals surface area contributed by atoms with Gasteiger partial charge in [0.1, 0.15) is 18.0 Å². The first-order valence-corrected chi connectivity index (χ1v) is 4.37. The molecule has 2 aromatic rings. The molecular weight excluding hydrogens is 200 g/mol. The average molecular weight is 207 g/mol. The first kappa shape index (κ1) is 8.90. The summed E-state index contributed by atoms with van der Waals surface area (Å²) in [7, 11) is 0. The number of nitrogens with one attached hydrogen (secondary N) is 1. The van der Waals surface area contributed by atoms with E-state index in [2.05, 4.69) is 20.3 Å². The van der Waals surface area contributed by atoms with Gasteiger partial charge in [-0.1, -0.05) is 11.6 Å². The minimum absolute atomic E-state index is 0.636. The standard InChI is InChI=1S/C9H7ClN4/c10-7-1-4-12-9(5-7)14-8-2-3-11-6-13-8/h1-6H,(H,11,12,13,14). The Balaban J connectivity index is 2.19. The number of pyridine rings is 1. The summed E-state index contributed by atoms with van der Waals surface area (Å²) in [4.78, 5) is 11.9. The molecular formula is C9H7ClN4. The lowest BCUT2D eigenvalue weighted by atomic mass is 10.4. The van der Waals surface area contributed by atoms with Crippen LogP contribution < -0.4 is 5.32 Å². The van der Waals surface area contributed by atoms with Crippen LogP contribution in [0.2, 0.25) is 5.02 Å². The second-order valence-corrected chi connectivity index (χ2v) is 3.02. The molecule has 0 aliphatic carbocycles. The topological polar surface area (TPSA) is 50.7 Å². The Morgan fingerprint density at radius 3 is 2.71 bits per heavy atom. The van der Waals surface area contributed by atoms with Crippen LogP contribution in [0.15, 0.2) is 36.9 Å². The Bertz CT molecular complexity index is 418. The van der Waals surface area contributed by atoms with E-state index in [0.717, 1.165) is 0 Å². The van der Waals surface area contributed by atoms with Gasteiger partial charge < -0.3 is 5.32 Å². The summed E-state index contributed by atoms with van der Waals surface area (Å²) in [6.45, 7) is 0. The van der Waals surface area contributed by atoms with Crippen molar-refractivity contribution < 1.29 is 0 Å². The molecule has 1 N–H and O–H groups in total. The van der Waals surface area contributed by atoms with Crippen LogP contribution in [0.1, 0.15) is 0 Å². The molecule has 5 heteroatoms. The zero-order valence-corrected chi connectivity index (χ0v) is 7.94. The van der Waals surface area contributed by atoms with Crippen molar-refractivity contribution in [3.05, 3.63) is 41.9 Å². The van der Waals surface area contributed by atoms with E-state index in [4.69, 9.17) is 11.6 Å². The van der Waals surface area contributed by atoms with Gasteiger partial charge in [0.25, 0.3) is 0 Å². The van der Waals surface area contributed by atoms with Crippen LogP contribution in [0.25, 0.3) is 0 Å². The highest BCUT2D eigenvalue weighted by Crippen LogP contribution is 2.14. The summed E-state index contributed by atoms with van der Waals surface area (Å²) < 4.78 is 0. The van der Waals surface area contributed by atoms with Gasteiger partial charge in [0.2, 0.25) is 0 Å². The van der Waals surface area contributed by atoms with Crippen LogP contribution in [0, 0.1) is 0 Å². The smallest absolute Gasteiger partial charge is 0.134 e. The monoisotopic (exact) mass is 206 g/mol. The third-order valence-corrected chi connectivity index (χ3v) is 1.80. The number of hydrogen-bond donors (Lipinski definition) is 1. The second kappa shape index (κ2) is 4.02. The molecule has 0 radical (unpaired) electrons. The van der Waals surface area contributed by atoms with Gasteiger partial charge in [-0.2, -0.15) is 0 Å². The molecule has 0 atom stereocenters. The Hall–Kier alpha value is -1.68. The number of anilines is 2. The molecule has 0 saturated carbocycles. The Morgan fingerprint density at radius 1 is 1.07 bits per heavy atom. The zero-order valence-electron chi connectivity index (χ0n) is 7.18. The van der Waals surface area contributed by atoms with Gasteiger partial charge in [-0.3, -0.25) is 0 Å². The molecule has 0 amide bonds. The maximum atomic E-state index is 5.80. The molecule has 0 aromatic carbocycles. The van der Waals surface area contributed by atoms with Crippen LogP contribution >= 0.6 is 11.6 Å². The van der Waals surface area contributed by atoms with Crippen LogP contribution in [-0.2, 0) is 0 Å². The van der Waals surface area contributed by atoms with Crippen molar-refractivity contribution >= 4 is 23.2 Å². The highest BCUT2D eigenvalue weighted by molar-refractivity contribution is 6.30. The van der Waals surface area contributed by atoms with Gasteiger partial charge >= 0.3 is 0 Å². The lowest BCUT2D eigenvalue weighted by molar-refractivity contribution is 1.16. The van der Waals surface area contributed by atoms with E-state index >= 15 is 0 Å². The fourth-order valence-electron chi connectivity index (χ4n) is 0.969. The number of aromatic nitrogens is 3. The molecule has 14 heavy (non-hydrogen) atoms. The first-order valence-electron chi connectivity index (χ1n) is 3.99. The molecule has 0 aliphatic heterocycles. The van der Waals surface area contributed by atoms with E-state index in [9.17, 15) is 0 Å². The van der Waals surface area contributed by atoms with Gasteiger partial charge in [0.05, 0.1) is 0 Å². The molecule has 2 aromatic heterocycles. The minimum Gasteiger partial charge on any atom is -0.325 e. The summed E-state index contributed by atoms with van der Waals surface area (Å²) in [5, 5.41) is 3.63. The van der Waals surface area contributed by atoms with Crippen molar-refractivity contribution in [2.45, 2.75) is 0 Å². The van der Waals surface area contributed by atoms with Crippen LogP contribution in [0.5, 0.6) is 0 Å². The Kier molecular flexibility index (Phi) is 2.55. The van der Waals surface area contributed by atoms with E-state index in [1.165, 1.54) is 6.33 Å². The number of nitrogens with zero attached hydrogens (tertiary/aromatic N) is 3. The molecule has 2 rings (SSSR count). The molecule has 0 unspecified atom stereocenters. The molecule has 70 valence electrons. The Labute approximate surface area is 86.0 Å². The number of hydrogen-bond acceptors (Lipinski definition) is 4. The van der Waals surface area contributed by atoms with Crippen molar-refractivity contribution in [2.75, 3.05) is 5.32 Å². The fourth-order valence-corrected chi connectivity index (χ4v) is 1.13. The normalized spacial score (nSPS) is 9.79. The van der Waals surface area contributed by atoms with Crippen molar-refractivity contribution in [1.29, 1.82) is 0 Å². The van der Waals surface area contributed by atoms with E-state index in [1.807, 2.05) is 0 Å². The third kappa shape index (κ3) is 2.17. The van der Waals surface area contributed by atoms with Crippen LogP contribution in [0.4, 0.5) is 11.6 Å². The lowest BCUT2D eigenvalue weighted by Gasteiger charge is -2.02.